The van der Waals surface area contributed by atoms with Gasteiger partial charge < -0.3 is 16.2 Å². The van der Waals surface area contributed by atoms with Crippen molar-refractivity contribution in [2.45, 2.75) is 12.4 Å². The second-order valence-corrected chi connectivity index (χ2v) is 6.96. The molecule has 4 N–H and O–H groups in total. The van der Waals surface area contributed by atoms with Crippen LogP contribution in [0.25, 0.3) is 0 Å². The highest BCUT2D eigenvalue weighted by Crippen LogP contribution is 2.38. The van der Waals surface area contributed by atoms with Crippen LogP contribution in [0.3, 0.4) is 0 Å². The van der Waals surface area contributed by atoms with Crippen molar-refractivity contribution in [2.75, 3.05) is 10.2 Å². The molecule has 3 aromatic carbocycles. The lowest BCUT2D eigenvalue weighted by atomic mass is 10.1. The third-order valence-corrected chi connectivity index (χ3v) is 4.56. The number of rotatable bonds is 4. The number of carbonyl (C=O) groups excluding carboxylic acids is 2. The minimum atomic E-state index is -5.11. The van der Waals surface area contributed by atoms with Crippen molar-refractivity contribution in [3.05, 3.63) is 83.4 Å². The number of para-hydroxylation sites is 1. The largest absolute Gasteiger partial charge is 0.507 e. The lowest BCUT2D eigenvalue weighted by molar-refractivity contribution is -0.143. The van der Waals surface area contributed by atoms with Crippen LogP contribution in [-0.2, 0) is 12.4 Å². The summed E-state index contributed by atoms with van der Waals surface area (Å²) in [6.07, 6.45) is -10.2. The van der Waals surface area contributed by atoms with E-state index in [0.717, 1.165) is 17.0 Å². The molecule has 0 atom stereocenters. The number of alkyl halides is 6. The number of halogens is 6. The summed E-state index contributed by atoms with van der Waals surface area (Å²) in [7, 11) is 0. The molecule has 0 saturated heterocycles. The van der Waals surface area contributed by atoms with Gasteiger partial charge in [-0.05, 0) is 48.5 Å². The average molecular weight is 483 g/mol. The Morgan fingerprint density at radius 3 is 1.85 bits per heavy atom. The predicted octanol–water partition coefficient (Wildman–Crippen LogP) is 5.90. The summed E-state index contributed by atoms with van der Waals surface area (Å²) in [4.78, 5) is 25.7. The van der Waals surface area contributed by atoms with Crippen LogP contribution in [0.1, 0.15) is 21.5 Å². The molecular formula is C22H15F6N3O3. The molecule has 3 aromatic rings. The van der Waals surface area contributed by atoms with Crippen LogP contribution >= 0.6 is 0 Å². The number of nitrogens with two attached hydrogens (primary N) is 1. The van der Waals surface area contributed by atoms with Gasteiger partial charge in [-0.3, -0.25) is 9.69 Å². The van der Waals surface area contributed by atoms with Gasteiger partial charge in [0, 0.05) is 5.69 Å². The van der Waals surface area contributed by atoms with Crippen LogP contribution in [0.15, 0.2) is 66.7 Å². The smallest absolute Gasteiger partial charge is 0.416 e. The van der Waals surface area contributed by atoms with E-state index in [1.807, 2.05) is 5.32 Å². The van der Waals surface area contributed by atoms with Gasteiger partial charge in [-0.25, -0.2) is 4.79 Å². The van der Waals surface area contributed by atoms with E-state index in [1.165, 1.54) is 18.2 Å². The molecule has 0 aromatic heterocycles. The standard InChI is InChI=1S/C22H15F6N3O3/c23-21(24,25)12-8-13(22(26,27)28)10-14(9-12)30-19(33)17-11-16(6-7-18(17)32)31(20(29)34)15-4-2-1-3-5-15/h1-11,32H,(H2,29,34)(H,30,33). The van der Waals surface area contributed by atoms with Crippen molar-refractivity contribution < 1.29 is 41.0 Å². The zero-order valence-electron chi connectivity index (χ0n) is 16.9. The van der Waals surface area contributed by atoms with Gasteiger partial charge in [0.05, 0.1) is 28.1 Å². The quantitative estimate of drug-likeness (QED) is 0.403. The third-order valence-electron chi connectivity index (χ3n) is 4.56. The van der Waals surface area contributed by atoms with Crippen LogP contribution in [-0.4, -0.2) is 17.0 Å². The number of anilines is 3. The summed E-state index contributed by atoms with van der Waals surface area (Å²) >= 11 is 0. The SMILES string of the molecule is NC(=O)N(c1ccccc1)c1ccc(O)c(C(=O)Nc2cc(C(F)(F)F)cc(C(F)(F)F)c2)c1. The molecule has 12 heteroatoms. The third kappa shape index (κ3) is 5.39. The van der Waals surface area contributed by atoms with Crippen LogP contribution < -0.4 is 16.0 Å². The lowest BCUT2D eigenvalue weighted by Gasteiger charge is -2.21. The van der Waals surface area contributed by atoms with Gasteiger partial charge in [0.2, 0.25) is 0 Å². The number of primary amides is 1. The van der Waals surface area contributed by atoms with E-state index in [4.69, 9.17) is 5.73 Å². The van der Waals surface area contributed by atoms with Crippen LogP contribution in [0.4, 0.5) is 48.2 Å². The fraction of sp³-hybridized carbons (Fsp3) is 0.0909. The number of nitrogens with one attached hydrogen (secondary N) is 1. The number of amides is 3. The van der Waals surface area contributed by atoms with E-state index in [2.05, 4.69) is 0 Å². The number of nitrogens with zero attached hydrogens (tertiary/aromatic N) is 1. The van der Waals surface area contributed by atoms with Crippen molar-refractivity contribution in [3.8, 4) is 5.75 Å². The van der Waals surface area contributed by atoms with E-state index in [1.54, 1.807) is 18.2 Å². The van der Waals surface area contributed by atoms with Crippen molar-refractivity contribution in [2.24, 2.45) is 5.73 Å². The number of carbonyl (C=O) groups is 2. The Morgan fingerprint density at radius 2 is 1.35 bits per heavy atom. The maximum absolute atomic E-state index is 13.1. The highest BCUT2D eigenvalue weighted by molar-refractivity contribution is 6.08. The topological polar surface area (TPSA) is 95.7 Å². The number of hydrogen-bond donors (Lipinski definition) is 3. The summed E-state index contributed by atoms with van der Waals surface area (Å²) in [6.45, 7) is 0. The fourth-order valence-electron chi connectivity index (χ4n) is 3.05. The zero-order chi connectivity index (χ0) is 25.3. The molecule has 0 heterocycles. The molecule has 0 fully saturated rings. The summed E-state index contributed by atoms with van der Waals surface area (Å²) in [5, 5.41) is 12.0. The first kappa shape index (κ1) is 24.4. The van der Waals surface area contributed by atoms with Gasteiger partial charge in [-0.15, -0.1) is 0 Å². The van der Waals surface area contributed by atoms with Crippen LogP contribution in [0.2, 0.25) is 0 Å². The predicted molar refractivity (Wildman–Crippen MR) is 111 cm³/mol. The van der Waals surface area contributed by atoms with Crippen molar-refractivity contribution in [3.63, 3.8) is 0 Å². The molecule has 3 rings (SSSR count). The Hall–Kier alpha value is -4.22. The summed E-state index contributed by atoms with van der Waals surface area (Å²) in [5.74, 6) is -1.86. The van der Waals surface area contributed by atoms with Gasteiger partial charge >= 0.3 is 18.4 Å². The number of urea groups is 1. The first-order chi connectivity index (χ1) is 15.8. The normalized spacial score (nSPS) is 11.7. The van der Waals surface area contributed by atoms with E-state index >= 15 is 0 Å². The van der Waals surface area contributed by atoms with Gasteiger partial charge in [0.15, 0.2) is 0 Å². The lowest BCUT2D eigenvalue weighted by Crippen LogP contribution is -2.31. The van der Waals surface area contributed by atoms with E-state index in [-0.39, 0.29) is 11.8 Å². The first-order valence-electron chi connectivity index (χ1n) is 9.36. The molecule has 34 heavy (non-hydrogen) atoms. The summed E-state index contributed by atoms with van der Waals surface area (Å²) in [5.41, 5.74) is 1.16. The molecule has 178 valence electrons. The summed E-state index contributed by atoms with van der Waals surface area (Å²) in [6, 6.07) is 10.8. The molecule has 0 aliphatic carbocycles. The maximum atomic E-state index is 13.1. The molecular weight excluding hydrogens is 468 g/mol. The van der Waals surface area contributed by atoms with Crippen molar-refractivity contribution in [1.29, 1.82) is 0 Å². The monoisotopic (exact) mass is 483 g/mol. The van der Waals surface area contributed by atoms with Gasteiger partial charge in [0.25, 0.3) is 5.91 Å². The Labute approximate surface area is 188 Å². The Morgan fingerprint density at radius 1 is 0.794 bits per heavy atom. The first-order valence-corrected chi connectivity index (χ1v) is 9.36. The molecule has 3 amide bonds. The molecule has 0 radical (unpaired) electrons. The van der Waals surface area contributed by atoms with Crippen LogP contribution in [0, 0.1) is 0 Å². The molecule has 0 spiro atoms. The zero-order valence-corrected chi connectivity index (χ0v) is 16.9. The number of phenolic OH excluding ortho intramolecular Hbond substituents is 1. The van der Waals surface area contributed by atoms with E-state index in [9.17, 15) is 41.0 Å². The molecule has 0 aliphatic heterocycles. The Bertz CT molecular complexity index is 1190. The highest BCUT2D eigenvalue weighted by Gasteiger charge is 2.37. The minimum Gasteiger partial charge on any atom is -0.507 e. The van der Waals surface area contributed by atoms with Gasteiger partial charge in [-0.2, -0.15) is 26.3 Å². The van der Waals surface area contributed by atoms with Gasteiger partial charge in [-0.1, -0.05) is 18.2 Å². The number of hydrogen-bond acceptors (Lipinski definition) is 3. The Kier molecular flexibility index (Phi) is 6.44. The summed E-state index contributed by atoms with van der Waals surface area (Å²) < 4.78 is 78.4. The van der Waals surface area contributed by atoms with Crippen molar-refractivity contribution >= 4 is 29.0 Å². The molecule has 0 bridgehead atoms. The minimum absolute atomic E-state index is 0.0154. The van der Waals surface area contributed by atoms with Gasteiger partial charge in [0.1, 0.15) is 5.75 Å². The highest BCUT2D eigenvalue weighted by atomic mass is 19.4. The fourth-order valence-corrected chi connectivity index (χ4v) is 3.05. The maximum Gasteiger partial charge on any atom is 0.416 e. The second-order valence-electron chi connectivity index (χ2n) is 6.96. The molecule has 0 unspecified atom stereocenters. The molecule has 0 saturated carbocycles. The van der Waals surface area contributed by atoms with Crippen LogP contribution in [0.5, 0.6) is 5.75 Å². The van der Waals surface area contributed by atoms with E-state index < -0.39 is 52.4 Å². The number of aromatic hydroxyl groups is 1. The van der Waals surface area contributed by atoms with Crippen molar-refractivity contribution in [1.82, 2.24) is 0 Å². The average Bonchev–Trinajstić information content (AvgIpc) is 2.74. The Balaban J connectivity index is 2.01. The molecule has 6 nitrogen and oxygen atoms in total. The number of phenols is 1. The van der Waals surface area contributed by atoms with E-state index in [0.29, 0.717) is 17.8 Å². The second kappa shape index (κ2) is 8.96. The molecule has 0 aliphatic rings. The number of benzene rings is 3.